The number of imide groups is 1. The van der Waals surface area contributed by atoms with Crippen LogP contribution in [0.1, 0.15) is 70.6 Å². The number of nitrogens with zero attached hydrogens (tertiary/aromatic N) is 1. The summed E-state index contributed by atoms with van der Waals surface area (Å²) in [5.41, 5.74) is 0. The number of urea groups is 1. The standard InChI is InChI=1S/C18H30N2O5/c21-15(13-8-4-3-5-9-13)12-20-14(17(24)19-18(20)25)10-6-1-2-7-11-16(22)23/h13-15,21H,1-12H2,(H,22,23)(H,19,24,25)/t14-,15-/m0/s1. The number of carboxylic acids is 1. The van der Waals surface area contributed by atoms with E-state index < -0.39 is 24.1 Å². The van der Waals surface area contributed by atoms with Crippen molar-refractivity contribution in [3.05, 3.63) is 0 Å². The van der Waals surface area contributed by atoms with Crippen molar-refractivity contribution in [1.82, 2.24) is 10.2 Å². The molecule has 0 radical (unpaired) electrons. The van der Waals surface area contributed by atoms with Crippen LogP contribution in [0.2, 0.25) is 0 Å². The lowest BCUT2D eigenvalue weighted by Gasteiger charge is -2.31. The van der Waals surface area contributed by atoms with Gasteiger partial charge in [-0.2, -0.15) is 0 Å². The number of carboxylic acid groups (broad SMARTS) is 1. The van der Waals surface area contributed by atoms with E-state index in [0.717, 1.165) is 44.9 Å². The van der Waals surface area contributed by atoms with Crippen LogP contribution in [0.3, 0.4) is 0 Å². The number of rotatable bonds is 10. The molecule has 0 aromatic carbocycles. The topological polar surface area (TPSA) is 107 Å². The molecule has 2 aliphatic rings. The first-order valence-electron chi connectivity index (χ1n) is 9.50. The first-order chi connectivity index (χ1) is 12.0. The molecule has 3 N–H and O–H groups in total. The first-order valence-corrected chi connectivity index (χ1v) is 9.50. The van der Waals surface area contributed by atoms with E-state index in [1.54, 1.807) is 0 Å². The average molecular weight is 354 g/mol. The molecule has 3 amide bonds. The van der Waals surface area contributed by atoms with Gasteiger partial charge in [-0.25, -0.2) is 4.79 Å². The van der Waals surface area contributed by atoms with Gasteiger partial charge in [-0.1, -0.05) is 38.5 Å². The third kappa shape index (κ3) is 5.99. The van der Waals surface area contributed by atoms with Gasteiger partial charge in [0.05, 0.1) is 6.10 Å². The van der Waals surface area contributed by atoms with E-state index >= 15 is 0 Å². The summed E-state index contributed by atoms with van der Waals surface area (Å²) in [4.78, 5) is 36.0. The van der Waals surface area contributed by atoms with Crippen LogP contribution in [0, 0.1) is 5.92 Å². The van der Waals surface area contributed by atoms with Crippen molar-refractivity contribution in [3.8, 4) is 0 Å². The van der Waals surface area contributed by atoms with E-state index in [9.17, 15) is 19.5 Å². The highest BCUT2D eigenvalue weighted by atomic mass is 16.4. The number of aliphatic hydroxyl groups excluding tert-OH is 1. The molecule has 7 heteroatoms. The monoisotopic (exact) mass is 354 g/mol. The molecule has 1 heterocycles. The predicted octanol–water partition coefficient (Wildman–Crippen LogP) is 2.27. The molecule has 0 aromatic heterocycles. The van der Waals surface area contributed by atoms with Crippen molar-refractivity contribution in [1.29, 1.82) is 0 Å². The first kappa shape index (κ1) is 19.7. The molecule has 25 heavy (non-hydrogen) atoms. The van der Waals surface area contributed by atoms with Crippen molar-refractivity contribution in [2.45, 2.75) is 82.8 Å². The quantitative estimate of drug-likeness (QED) is 0.412. The zero-order valence-electron chi connectivity index (χ0n) is 14.8. The van der Waals surface area contributed by atoms with Gasteiger partial charge in [0.1, 0.15) is 6.04 Å². The van der Waals surface area contributed by atoms with Gasteiger partial charge in [0.15, 0.2) is 0 Å². The second kappa shape index (κ2) is 9.75. The Morgan fingerprint density at radius 3 is 2.48 bits per heavy atom. The maximum Gasteiger partial charge on any atom is 0.324 e. The molecule has 1 aliphatic heterocycles. The molecule has 1 aliphatic carbocycles. The van der Waals surface area contributed by atoms with Crippen molar-refractivity contribution in [2.24, 2.45) is 5.92 Å². The number of hydrogen-bond donors (Lipinski definition) is 3. The third-order valence-corrected chi connectivity index (χ3v) is 5.37. The number of unbranched alkanes of at least 4 members (excludes halogenated alkanes) is 3. The molecule has 0 unspecified atom stereocenters. The minimum Gasteiger partial charge on any atom is -0.481 e. The lowest BCUT2D eigenvalue weighted by atomic mass is 9.85. The number of carbonyl (C=O) groups is 3. The number of carbonyl (C=O) groups excluding carboxylic acids is 2. The fraction of sp³-hybridized carbons (Fsp3) is 0.833. The Hall–Kier alpha value is -1.63. The van der Waals surface area contributed by atoms with Gasteiger partial charge in [0, 0.05) is 13.0 Å². The number of nitrogens with one attached hydrogen (secondary N) is 1. The van der Waals surface area contributed by atoms with Crippen LogP contribution in [0.25, 0.3) is 0 Å². The fourth-order valence-electron chi connectivity index (χ4n) is 3.88. The number of amides is 3. The van der Waals surface area contributed by atoms with Gasteiger partial charge in [0.2, 0.25) is 0 Å². The number of hydrogen-bond acceptors (Lipinski definition) is 4. The Labute approximate surface area is 148 Å². The summed E-state index contributed by atoms with van der Waals surface area (Å²) in [6.45, 7) is 0.214. The van der Waals surface area contributed by atoms with Crippen LogP contribution < -0.4 is 5.32 Å². The Bertz CT molecular complexity index is 476. The summed E-state index contributed by atoms with van der Waals surface area (Å²) in [6.07, 6.45) is 8.60. The van der Waals surface area contributed by atoms with Crippen molar-refractivity contribution in [2.75, 3.05) is 6.54 Å². The van der Waals surface area contributed by atoms with Gasteiger partial charge in [0.25, 0.3) is 5.91 Å². The van der Waals surface area contributed by atoms with Crippen molar-refractivity contribution in [3.63, 3.8) is 0 Å². The summed E-state index contributed by atoms with van der Waals surface area (Å²) in [6, 6.07) is -0.916. The molecule has 142 valence electrons. The summed E-state index contributed by atoms with van der Waals surface area (Å²) in [7, 11) is 0. The lowest BCUT2D eigenvalue weighted by Crippen LogP contribution is -2.43. The number of β-amino-alcohol motifs (C(OH)–C–C–N with tert-alkyl or cyclic N) is 1. The normalized spacial score (nSPS) is 22.9. The Kier molecular flexibility index (Phi) is 7.68. The summed E-state index contributed by atoms with van der Waals surface area (Å²) in [5, 5.41) is 21.4. The molecular formula is C18H30N2O5. The molecule has 0 bridgehead atoms. The molecule has 0 aromatic rings. The van der Waals surface area contributed by atoms with E-state index in [-0.39, 0.29) is 24.8 Å². The van der Waals surface area contributed by atoms with Crippen LogP contribution >= 0.6 is 0 Å². The summed E-state index contributed by atoms with van der Waals surface area (Å²) < 4.78 is 0. The molecule has 2 atom stereocenters. The highest BCUT2D eigenvalue weighted by Gasteiger charge is 2.39. The van der Waals surface area contributed by atoms with Crippen LogP contribution in [0.5, 0.6) is 0 Å². The maximum atomic E-state index is 12.0. The van der Waals surface area contributed by atoms with Gasteiger partial charge in [-0.15, -0.1) is 0 Å². The highest BCUT2D eigenvalue weighted by molar-refractivity contribution is 6.04. The number of aliphatic hydroxyl groups is 1. The van der Waals surface area contributed by atoms with E-state index in [1.165, 1.54) is 11.3 Å². The zero-order valence-corrected chi connectivity index (χ0v) is 14.8. The van der Waals surface area contributed by atoms with E-state index in [4.69, 9.17) is 5.11 Å². The smallest absolute Gasteiger partial charge is 0.324 e. The van der Waals surface area contributed by atoms with E-state index in [0.29, 0.717) is 12.8 Å². The second-order valence-corrected chi connectivity index (χ2v) is 7.27. The predicted molar refractivity (Wildman–Crippen MR) is 92.0 cm³/mol. The van der Waals surface area contributed by atoms with Gasteiger partial charge < -0.3 is 15.1 Å². The molecule has 2 rings (SSSR count). The molecule has 2 fully saturated rings. The fourth-order valence-corrected chi connectivity index (χ4v) is 3.88. The van der Waals surface area contributed by atoms with Gasteiger partial charge in [-0.3, -0.25) is 14.9 Å². The minimum atomic E-state index is -0.788. The van der Waals surface area contributed by atoms with Crippen LogP contribution in [-0.4, -0.2) is 51.7 Å². The van der Waals surface area contributed by atoms with Crippen LogP contribution in [0.4, 0.5) is 4.79 Å². The minimum absolute atomic E-state index is 0.169. The van der Waals surface area contributed by atoms with Crippen LogP contribution in [-0.2, 0) is 9.59 Å². The molecule has 1 saturated heterocycles. The largest absolute Gasteiger partial charge is 0.481 e. The molecule has 1 saturated carbocycles. The SMILES string of the molecule is O=C(O)CCCCCC[C@H]1C(=O)NC(=O)N1C[C@H](O)C1CCCCC1. The molecular weight excluding hydrogens is 324 g/mol. The third-order valence-electron chi connectivity index (χ3n) is 5.37. The Morgan fingerprint density at radius 2 is 1.80 bits per heavy atom. The summed E-state index contributed by atoms with van der Waals surface area (Å²) in [5.74, 6) is -0.857. The highest BCUT2D eigenvalue weighted by Crippen LogP contribution is 2.28. The molecule has 7 nitrogen and oxygen atoms in total. The van der Waals surface area contributed by atoms with Crippen molar-refractivity contribution >= 4 is 17.9 Å². The van der Waals surface area contributed by atoms with E-state index in [1.807, 2.05) is 0 Å². The summed E-state index contributed by atoms with van der Waals surface area (Å²) >= 11 is 0. The van der Waals surface area contributed by atoms with Gasteiger partial charge in [-0.05, 0) is 31.6 Å². The van der Waals surface area contributed by atoms with E-state index in [2.05, 4.69) is 5.32 Å². The lowest BCUT2D eigenvalue weighted by molar-refractivity contribution is -0.137. The second-order valence-electron chi connectivity index (χ2n) is 7.27. The van der Waals surface area contributed by atoms with Crippen LogP contribution in [0.15, 0.2) is 0 Å². The Balaban J connectivity index is 1.77. The van der Waals surface area contributed by atoms with Gasteiger partial charge >= 0.3 is 12.0 Å². The number of aliphatic carboxylic acids is 1. The maximum absolute atomic E-state index is 12.0. The van der Waals surface area contributed by atoms with Crippen molar-refractivity contribution < 1.29 is 24.6 Å². The average Bonchev–Trinajstić information content (AvgIpc) is 2.85. The molecule has 0 spiro atoms. The Morgan fingerprint density at radius 1 is 1.12 bits per heavy atom. The zero-order chi connectivity index (χ0) is 18.2.